The SMILES string of the molecule is CN(CCC(=O)O)C(C#N)c1ccc([N+](=O)[O-])s1. The quantitative estimate of drug-likeness (QED) is 0.621. The first-order valence-corrected chi connectivity index (χ1v) is 5.83. The van der Waals surface area contributed by atoms with Crippen molar-refractivity contribution in [3.05, 3.63) is 27.1 Å². The van der Waals surface area contributed by atoms with E-state index in [1.54, 1.807) is 11.9 Å². The van der Waals surface area contributed by atoms with Gasteiger partial charge in [0, 0.05) is 17.5 Å². The van der Waals surface area contributed by atoms with Crippen molar-refractivity contribution in [3.8, 4) is 6.07 Å². The van der Waals surface area contributed by atoms with Gasteiger partial charge in [-0.2, -0.15) is 5.26 Å². The van der Waals surface area contributed by atoms with E-state index < -0.39 is 16.9 Å². The zero-order valence-electron chi connectivity index (χ0n) is 9.57. The molecule has 0 radical (unpaired) electrons. The fraction of sp³-hybridized carbons (Fsp3) is 0.400. The molecule has 0 aromatic carbocycles. The Hall–Kier alpha value is -1.98. The van der Waals surface area contributed by atoms with Crippen LogP contribution in [0.15, 0.2) is 12.1 Å². The highest BCUT2D eigenvalue weighted by Gasteiger charge is 2.21. The largest absolute Gasteiger partial charge is 0.481 e. The Morgan fingerprint density at radius 1 is 1.72 bits per heavy atom. The number of nitro groups is 1. The van der Waals surface area contributed by atoms with Crippen LogP contribution in [0.3, 0.4) is 0 Å². The summed E-state index contributed by atoms with van der Waals surface area (Å²) in [6, 6.07) is 4.22. The van der Waals surface area contributed by atoms with E-state index >= 15 is 0 Å². The second-order valence-corrected chi connectivity index (χ2v) is 4.68. The fourth-order valence-corrected chi connectivity index (χ4v) is 2.30. The first-order chi connectivity index (χ1) is 8.45. The zero-order chi connectivity index (χ0) is 13.7. The smallest absolute Gasteiger partial charge is 0.324 e. The molecule has 1 aromatic rings. The number of carboxylic acid groups (broad SMARTS) is 1. The summed E-state index contributed by atoms with van der Waals surface area (Å²) >= 11 is 0.926. The molecule has 1 heterocycles. The topological polar surface area (TPSA) is 107 Å². The highest BCUT2D eigenvalue weighted by Crippen LogP contribution is 2.31. The molecule has 96 valence electrons. The van der Waals surface area contributed by atoms with Crippen LogP contribution in [0.2, 0.25) is 0 Å². The first kappa shape index (κ1) is 14.1. The van der Waals surface area contributed by atoms with E-state index in [4.69, 9.17) is 10.4 Å². The van der Waals surface area contributed by atoms with Crippen LogP contribution in [0.1, 0.15) is 17.3 Å². The molecule has 8 heteroatoms. The molecule has 0 aliphatic heterocycles. The van der Waals surface area contributed by atoms with Gasteiger partial charge in [-0.25, -0.2) is 0 Å². The second kappa shape index (κ2) is 6.09. The molecule has 0 aliphatic rings. The molecule has 1 N–H and O–H groups in total. The highest BCUT2D eigenvalue weighted by molar-refractivity contribution is 7.15. The van der Waals surface area contributed by atoms with Crippen LogP contribution in [0.4, 0.5) is 5.00 Å². The molecular weight excluding hydrogens is 258 g/mol. The predicted octanol–water partition coefficient (Wildman–Crippen LogP) is 1.63. The lowest BCUT2D eigenvalue weighted by molar-refractivity contribution is -0.380. The molecule has 7 nitrogen and oxygen atoms in total. The highest BCUT2D eigenvalue weighted by atomic mass is 32.1. The number of nitriles is 1. The molecule has 0 fully saturated rings. The number of carboxylic acids is 1. The number of aliphatic carboxylic acids is 1. The van der Waals surface area contributed by atoms with Crippen LogP contribution in [0.5, 0.6) is 0 Å². The van der Waals surface area contributed by atoms with Gasteiger partial charge in [-0.15, -0.1) is 0 Å². The molecule has 1 unspecified atom stereocenters. The lowest BCUT2D eigenvalue weighted by Gasteiger charge is -2.20. The van der Waals surface area contributed by atoms with Gasteiger partial charge in [0.2, 0.25) is 0 Å². The molecule has 0 saturated heterocycles. The summed E-state index contributed by atoms with van der Waals surface area (Å²) in [6.45, 7) is 0.208. The molecule has 1 aromatic heterocycles. The molecule has 0 bridgehead atoms. The summed E-state index contributed by atoms with van der Waals surface area (Å²) in [5.41, 5.74) is 0. The van der Waals surface area contributed by atoms with E-state index in [-0.39, 0.29) is 18.0 Å². The Balaban J connectivity index is 2.79. The van der Waals surface area contributed by atoms with Crippen LogP contribution in [-0.4, -0.2) is 34.5 Å². The predicted molar refractivity (Wildman–Crippen MR) is 64.2 cm³/mol. The van der Waals surface area contributed by atoms with Crippen molar-refractivity contribution in [1.82, 2.24) is 4.90 Å². The Morgan fingerprint density at radius 2 is 2.39 bits per heavy atom. The fourth-order valence-electron chi connectivity index (χ4n) is 1.37. The molecule has 1 rings (SSSR count). The number of hydrogen-bond acceptors (Lipinski definition) is 6. The van der Waals surface area contributed by atoms with Crippen LogP contribution >= 0.6 is 11.3 Å². The minimum absolute atomic E-state index is 0.0307. The molecule has 0 aliphatic carbocycles. The van der Waals surface area contributed by atoms with Crippen molar-refractivity contribution in [2.75, 3.05) is 13.6 Å². The van der Waals surface area contributed by atoms with Gasteiger partial charge in [0.15, 0.2) is 0 Å². The first-order valence-electron chi connectivity index (χ1n) is 5.01. The average molecular weight is 269 g/mol. The van der Waals surface area contributed by atoms with Crippen LogP contribution in [-0.2, 0) is 4.79 Å². The van der Waals surface area contributed by atoms with Crippen LogP contribution in [0, 0.1) is 21.4 Å². The average Bonchev–Trinajstić information content (AvgIpc) is 2.77. The standard InChI is InChI=1S/C10H11N3O4S/c1-12(5-4-10(14)15)7(6-11)8-2-3-9(18-8)13(16)17/h2-3,7H,4-5H2,1H3,(H,14,15). The maximum Gasteiger partial charge on any atom is 0.324 e. The maximum atomic E-state index is 10.6. The number of carbonyl (C=O) groups is 1. The van der Waals surface area contributed by atoms with E-state index in [0.29, 0.717) is 4.88 Å². The third-order valence-corrected chi connectivity index (χ3v) is 3.39. The van der Waals surface area contributed by atoms with Gasteiger partial charge in [-0.05, 0) is 13.1 Å². The third kappa shape index (κ3) is 3.51. The van der Waals surface area contributed by atoms with Gasteiger partial charge >= 0.3 is 11.0 Å². The summed E-state index contributed by atoms with van der Waals surface area (Å²) in [4.78, 5) is 22.6. The minimum atomic E-state index is -0.948. The third-order valence-electron chi connectivity index (χ3n) is 2.30. The summed E-state index contributed by atoms with van der Waals surface area (Å²) in [5, 5.41) is 28.1. The van der Waals surface area contributed by atoms with E-state index in [1.807, 2.05) is 6.07 Å². The normalized spacial score (nSPS) is 12.1. The van der Waals surface area contributed by atoms with Gasteiger partial charge in [-0.1, -0.05) is 11.3 Å². The number of hydrogen-bond donors (Lipinski definition) is 1. The van der Waals surface area contributed by atoms with E-state index in [9.17, 15) is 14.9 Å². The zero-order valence-corrected chi connectivity index (χ0v) is 10.4. The minimum Gasteiger partial charge on any atom is -0.481 e. The van der Waals surface area contributed by atoms with Crippen molar-refractivity contribution >= 4 is 22.3 Å². The Morgan fingerprint density at radius 3 is 2.83 bits per heavy atom. The molecule has 0 spiro atoms. The molecule has 0 amide bonds. The summed E-state index contributed by atoms with van der Waals surface area (Å²) in [6.07, 6.45) is -0.0812. The molecule has 0 saturated carbocycles. The Bertz CT molecular complexity index is 494. The number of thiophene rings is 1. The van der Waals surface area contributed by atoms with Gasteiger partial charge in [0.1, 0.15) is 6.04 Å². The van der Waals surface area contributed by atoms with Crippen molar-refractivity contribution in [1.29, 1.82) is 5.26 Å². The molecule has 18 heavy (non-hydrogen) atoms. The van der Waals surface area contributed by atoms with Crippen molar-refractivity contribution in [2.24, 2.45) is 0 Å². The lowest BCUT2D eigenvalue weighted by Crippen LogP contribution is -2.25. The van der Waals surface area contributed by atoms with Crippen LogP contribution in [0.25, 0.3) is 0 Å². The molecular formula is C10H11N3O4S. The van der Waals surface area contributed by atoms with E-state index in [2.05, 4.69) is 0 Å². The Kier molecular flexibility index (Phi) is 4.76. The van der Waals surface area contributed by atoms with E-state index in [1.165, 1.54) is 12.1 Å². The van der Waals surface area contributed by atoms with Gasteiger partial charge in [-0.3, -0.25) is 19.8 Å². The second-order valence-electron chi connectivity index (χ2n) is 3.59. The number of rotatable bonds is 6. The maximum absolute atomic E-state index is 10.6. The monoisotopic (exact) mass is 269 g/mol. The van der Waals surface area contributed by atoms with Crippen molar-refractivity contribution in [3.63, 3.8) is 0 Å². The number of nitrogens with zero attached hydrogens (tertiary/aromatic N) is 3. The summed E-state index contributed by atoms with van der Waals surface area (Å²) in [7, 11) is 1.61. The molecule has 1 atom stereocenters. The van der Waals surface area contributed by atoms with E-state index in [0.717, 1.165) is 11.3 Å². The lowest BCUT2D eigenvalue weighted by atomic mass is 10.2. The van der Waals surface area contributed by atoms with Crippen LogP contribution < -0.4 is 0 Å². The van der Waals surface area contributed by atoms with Gasteiger partial charge < -0.3 is 5.11 Å². The van der Waals surface area contributed by atoms with Gasteiger partial charge in [0.05, 0.1) is 17.4 Å². The summed E-state index contributed by atoms with van der Waals surface area (Å²) in [5.74, 6) is -0.948. The summed E-state index contributed by atoms with van der Waals surface area (Å²) < 4.78 is 0. The van der Waals surface area contributed by atoms with Gasteiger partial charge in [0.25, 0.3) is 0 Å². The van der Waals surface area contributed by atoms with Crippen molar-refractivity contribution < 1.29 is 14.8 Å². The van der Waals surface area contributed by atoms with Crippen molar-refractivity contribution in [2.45, 2.75) is 12.5 Å². The Labute approximate surface area is 107 Å².